The Morgan fingerprint density at radius 3 is 2.56 bits per heavy atom. The summed E-state index contributed by atoms with van der Waals surface area (Å²) in [5.41, 5.74) is 7.86. The van der Waals surface area contributed by atoms with E-state index in [1.54, 1.807) is 6.20 Å². The maximum Gasteiger partial charge on any atom is 0.145 e. The van der Waals surface area contributed by atoms with Crippen LogP contribution in [0.2, 0.25) is 0 Å². The molecule has 1 heterocycles. The van der Waals surface area contributed by atoms with Gasteiger partial charge in [0.1, 0.15) is 11.5 Å². The van der Waals surface area contributed by atoms with E-state index in [-0.39, 0.29) is 18.4 Å². The summed E-state index contributed by atoms with van der Waals surface area (Å²) in [4.78, 5) is 4.18. The maximum atomic E-state index is 5.83. The normalized spacial score (nSPS) is 11.5. The third-order valence-corrected chi connectivity index (χ3v) is 2.50. The van der Waals surface area contributed by atoms with E-state index in [4.69, 9.17) is 10.5 Å². The highest BCUT2D eigenvalue weighted by molar-refractivity contribution is 5.85. The van der Waals surface area contributed by atoms with Crippen LogP contribution in [0, 0.1) is 6.92 Å². The van der Waals surface area contributed by atoms with Crippen LogP contribution in [0.5, 0.6) is 11.5 Å². The first-order chi connectivity index (χ1) is 8.15. The predicted molar refractivity (Wildman–Crippen MR) is 75.3 cm³/mol. The molecule has 0 unspecified atom stereocenters. The van der Waals surface area contributed by atoms with Gasteiger partial charge in [0.05, 0.1) is 6.20 Å². The topological polar surface area (TPSA) is 48.1 Å². The molecule has 0 aliphatic rings. The quantitative estimate of drug-likeness (QED) is 0.921. The minimum Gasteiger partial charge on any atom is -0.456 e. The number of aromatic nitrogens is 1. The van der Waals surface area contributed by atoms with Crippen molar-refractivity contribution in [3.05, 3.63) is 53.9 Å². The number of nitrogens with two attached hydrogens (primary N) is 1. The van der Waals surface area contributed by atoms with E-state index < -0.39 is 0 Å². The van der Waals surface area contributed by atoms with Gasteiger partial charge in [-0.25, -0.2) is 0 Å². The lowest BCUT2D eigenvalue weighted by Gasteiger charge is -2.09. The highest BCUT2D eigenvalue weighted by atomic mass is 35.5. The predicted octanol–water partition coefficient (Wildman–Crippen LogP) is 3.62. The number of hydrogen-bond acceptors (Lipinski definition) is 3. The van der Waals surface area contributed by atoms with E-state index >= 15 is 0 Å². The fourth-order valence-corrected chi connectivity index (χ4v) is 1.51. The van der Waals surface area contributed by atoms with Crippen LogP contribution in [-0.2, 0) is 0 Å². The Morgan fingerprint density at radius 2 is 1.94 bits per heavy atom. The van der Waals surface area contributed by atoms with E-state index in [0.717, 1.165) is 22.8 Å². The number of benzene rings is 1. The molecule has 0 amide bonds. The van der Waals surface area contributed by atoms with Crippen LogP contribution in [0.4, 0.5) is 0 Å². The number of aryl methyl sites for hydroxylation is 1. The molecule has 1 aromatic heterocycles. The number of hydrogen-bond donors (Lipinski definition) is 1. The molecule has 1 atom stereocenters. The number of rotatable bonds is 3. The molecule has 96 valence electrons. The third-order valence-electron chi connectivity index (χ3n) is 2.50. The lowest BCUT2D eigenvalue weighted by Crippen LogP contribution is -2.04. The molecule has 2 N–H and O–H groups in total. The first-order valence-corrected chi connectivity index (χ1v) is 5.61. The Bertz CT molecular complexity index is 497. The van der Waals surface area contributed by atoms with Crippen molar-refractivity contribution in [3.8, 4) is 11.5 Å². The zero-order valence-corrected chi connectivity index (χ0v) is 11.3. The van der Waals surface area contributed by atoms with Crippen molar-refractivity contribution >= 4 is 12.4 Å². The van der Waals surface area contributed by atoms with Crippen molar-refractivity contribution in [2.45, 2.75) is 19.9 Å². The second-order valence-electron chi connectivity index (χ2n) is 4.10. The Labute approximate surface area is 113 Å². The molecule has 18 heavy (non-hydrogen) atoms. The molecule has 0 bridgehead atoms. The first kappa shape index (κ1) is 14.5. The summed E-state index contributed by atoms with van der Waals surface area (Å²) in [6.45, 7) is 3.90. The van der Waals surface area contributed by atoms with Gasteiger partial charge in [0.25, 0.3) is 0 Å². The van der Waals surface area contributed by atoms with E-state index in [0.29, 0.717) is 0 Å². The van der Waals surface area contributed by atoms with Gasteiger partial charge in [0, 0.05) is 11.7 Å². The van der Waals surface area contributed by atoms with Gasteiger partial charge in [-0.15, -0.1) is 12.4 Å². The molecule has 3 nitrogen and oxygen atoms in total. The van der Waals surface area contributed by atoms with Crippen molar-refractivity contribution < 1.29 is 4.74 Å². The number of ether oxygens (including phenoxy) is 1. The fourth-order valence-electron chi connectivity index (χ4n) is 1.51. The molecule has 0 saturated heterocycles. The lowest BCUT2D eigenvalue weighted by atomic mass is 10.1. The second-order valence-corrected chi connectivity index (χ2v) is 4.10. The standard InChI is InChI=1S/C14H16N2O.ClH/c1-10-6-7-14(9-16-10)17-13-5-3-4-12(8-13)11(2)15;/h3-9,11H,15H2,1-2H3;1H/t11-;/m0./s1. The van der Waals surface area contributed by atoms with Crippen LogP contribution in [-0.4, -0.2) is 4.98 Å². The smallest absolute Gasteiger partial charge is 0.145 e. The molecule has 0 aliphatic heterocycles. The number of pyridine rings is 1. The average Bonchev–Trinajstić information content (AvgIpc) is 2.32. The zero-order valence-electron chi connectivity index (χ0n) is 10.5. The van der Waals surface area contributed by atoms with Gasteiger partial charge >= 0.3 is 0 Å². The van der Waals surface area contributed by atoms with Gasteiger partial charge in [-0.05, 0) is 43.7 Å². The summed E-state index contributed by atoms with van der Waals surface area (Å²) in [7, 11) is 0. The summed E-state index contributed by atoms with van der Waals surface area (Å²) >= 11 is 0. The monoisotopic (exact) mass is 264 g/mol. The van der Waals surface area contributed by atoms with E-state index in [2.05, 4.69) is 4.98 Å². The lowest BCUT2D eigenvalue weighted by molar-refractivity contribution is 0.478. The van der Waals surface area contributed by atoms with Crippen LogP contribution < -0.4 is 10.5 Å². The minimum absolute atomic E-state index is 0. The fraction of sp³-hybridized carbons (Fsp3) is 0.214. The van der Waals surface area contributed by atoms with Gasteiger partial charge in [0.2, 0.25) is 0 Å². The largest absolute Gasteiger partial charge is 0.456 e. The molecule has 4 heteroatoms. The van der Waals surface area contributed by atoms with E-state index in [9.17, 15) is 0 Å². The van der Waals surface area contributed by atoms with Crippen molar-refractivity contribution in [3.63, 3.8) is 0 Å². The van der Waals surface area contributed by atoms with Crippen LogP contribution in [0.3, 0.4) is 0 Å². The Balaban J connectivity index is 0.00000162. The molecule has 0 radical (unpaired) electrons. The first-order valence-electron chi connectivity index (χ1n) is 5.61. The molecule has 0 fully saturated rings. The van der Waals surface area contributed by atoms with Gasteiger partial charge in [-0.3, -0.25) is 4.98 Å². The SMILES string of the molecule is Cc1ccc(Oc2cccc([C@H](C)N)c2)cn1.Cl. The van der Waals surface area contributed by atoms with Crippen LogP contribution >= 0.6 is 12.4 Å². The molecule has 0 saturated carbocycles. The number of nitrogens with zero attached hydrogens (tertiary/aromatic N) is 1. The molecule has 2 rings (SSSR count). The molecule has 0 aliphatic carbocycles. The summed E-state index contributed by atoms with van der Waals surface area (Å²) in [6, 6.07) is 11.6. The molecule has 2 aromatic rings. The van der Waals surface area contributed by atoms with Gasteiger partial charge in [0.15, 0.2) is 0 Å². The molecule has 1 aromatic carbocycles. The van der Waals surface area contributed by atoms with E-state index in [1.807, 2.05) is 50.2 Å². The third kappa shape index (κ3) is 3.72. The van der Waals surface area contributed by atoms with Crippen molar-refractivity contribution in [2.75, 3.05) is 0 Å². The van der Waals surface area contributed by atoms with Gasteiger partial charge in [-0.2, -0.15) is 0 Å². The maximum absolute atomic E-state index is 5.83. The Hall–Kier alpha value is -1.58. The number of halogens is 1. The van der Waals surface area contributed by atoms with Gasteiger partial charge < -0.3 is 10.5 Å². The summed E-state index contributed by atoms with van der Waals surface area (Å²) < 4.78 is 5.71. The zero-order chi connectivity index (χ0) is 12.3. The summed E-state index contributed by atoms with van der Waals surface area (Å²) in [5, 5.41) is 0. The van der Waals surface area contributed by atoms with Crippen molar-refractivity contribution in [1.29, 1.82) is 0 Å². The van der Waals surface area contributed by atoms with Crippen LogP contribution in [0.1, 0.15) is 24.2 Å². The minimum atomic E-state index is 0. The van der Waals surface area contributed by atoms with Crippen LogP contribution in [0.25, 0.3) is 0 Å². The Kier molecular flexibility index (Phi) is 5.13. The average molecular weight is 265 g/mol. The van der Waals surface area contributed by atoms with Crippen molar-refractivity contribution in [2.24, 2.45) is 5.73 Å². The van der Waals surface area contributed by atoms with Crippen LogP contribution in [0.15, 0.2) is 42.6 Å². The molecular weight excluding hydrogens is 248 g/mol. The highest BCUT2D eigenvalue weighted by Crippen LogP contribution is 2.23. The summed E-state index contributed by atoms with van der Waals surface area (Å²) in [6.07, 6.45) is 1.72. The highest BCUT2D eigenvalue weighted by Gasteiger charge is 2.02. The molecule has 0 spiro atoms. The molecular formula is C14H17ClN2O. The Morgan fingerprint density at radius 1 is 1.17 bits per heavy atom. The van der Waals surface area contributed by atoms with E-state index in [1.165, 1.54) is 0 Å². The van der Waals surface area contributed by atoms with Gasteiger partial charge in [-0.1, -0.05) is 12.1 Å². The second kappa shape index (κ2) is 6.38. The summed E-state index contributed by atoms with van der Waals surface area (Å²) in [5.74, 6) is 1.52. The van der Waals surface area contributed by atoms with Crippen molar-refractivity contribution in [1.82, 2.24) is 4.98 Å².